The van der Waals surface area contributed by atoms with Gasteiger partial charge in [-0.3, -0.25) is 4.79 Å². The van der Waals surface area contributed by atoms with E-state index in [1.807, 2.05) is 24.0 Å². The van der Waals surface area contributed by atoms with Crippen LogP contribution in [0.3, 0.4) is 0 Å². The molecule has 3 rings (SSSR count). The van der Waals surface area contributed by atoms with Gasteiger partial charge >= 0.3 is 0 Å². The maximum atomic E-state index is 12.3. The minimum atomic E-state index is 0.0810. The van der Waals surface area contributed by atoms with Crippen LogP contribution < -0.4 is 5.32 Å². The number of hydrogen-bond acceptors (Lipinski definition) is 5. The van der Waals surface area contributed by atoms with E-state index >= 15 is 0 Å². The molecule has 1 aromatic heterocycles. The molecule has 0 unspecified atom stereocenters. The number of ether oxygens (including phenoxy) is 1. The highest BCUT2D eigenvalue weighted by Crippen LogP contribution is 2.20. The number of carbonyl (C=O) groups excluding carboxylic acids is 1. The van der Waals surface area contributed by atoms with Crippen molar-refractivity contribution in [2.24, 2.45) is 5.92 Å². The maximum Gasteiger partial charge on any atom is 0.228 e. The maximum absolute atomic E-state index is 12.3. The topological polar surface area (TPSA) is 67.4 Å². The molecule has 0 aromatic carbocycles. The van der Waals surface area contributed by atoms with Gasteiger partial charge in [-0.1, -0.05) is 0 Å². The average molecular weight is 290 g/mol. The van der Waals surface area contributed by atoms with Gasteiger partial charge in [0, 0.05) is 25.7 Å². The second-order valence-electron chi connectivity index (χ2n) is 5.86. The molecule has 6 nitrogen and oxygen atoms in total. The SMILES string of the molecule is Cc1ccc(NC2CCN(C(=O)[C@@H]3CCOC3)CC2)nn1. The molecular formula is C15H22N4O2. The van der Waals surface area contributed by atoms with E-state index in [1.165, 1.54) is 0 Å². The first-order valence-corrected chi connectivity index (χ1v) is 7.66. The molecule has 1 atom stereocenters. The summed E-state index contributed by atoms with van der Waals surface area (Å²) in [6.45, 7) is 4.86. The predicted octanol–water partition coefficient (Wildman–Crippen LogP) is 1.22. The Hall–Kier alpha value is -1.69. The number of rotatable bonds is 3. The van der Waals surface area contributed by atoms with Crippen molar-refractivity contribution >= 4 is 11.7 Å². The monoisotopic (exact) mass is 290 g/mol. The highest BCUT2D eigenvalue weighted by molar-refractivity contribution is 5.79. The van der Waals surface area contributed by atoms with Crippen LogP contribution in [-0.2, 0) is 9.53 Å². The molecule has 0 radical (unpaired) electrons. The van der Waals surface area contributed by atoms with Gasteiger partial charge in [-0.2, -0.15) is 5.10 Å². The van der Waals surface area contributed by atoms with Crippen LogP contribution in [0, 0.1) is 12.8 Å². The van der Waals surface area contributed by atoms with Gasteiger partial charge in [-0.15, -0.1) is 5.10 Å². The number of anilines is 1. The van der Waals surface area contributed by atoms with E-state index in [1.54, 1.807) is 0 Å². The molecule has 2 saturated heterocycles. The quantitative estimate of drug-likeness (QED) is 0.906. The largest absolute Gasteiger partial charge is 0.381 e. The zero-order valence-corrected chi connectivity index (χ0v) is 12.4. The molecule has 1 N–H and O–H groups in total. The molecule has 0 spiro atoms. The minimum absolute atomic E-state index is 0.0810. The lowest BCUT2D eigenvalue weighted by Crippen LogP contribution is -2.45. The Labute approximate surface area is 124 Å². The Morgan fingerprint density at radius 1 is 1.29 bits per heavy atom. The third-order valence-corrected chi connectivity index (χ3v) is 4.24. The number of aryl methyl sites for hydroxylation is 1. The summed E-state index contributed by atoms with van der Waals surface area (Å²) in [5, 5.41) is 11.6. The molecule has 114 valence electrons. The van der Waals surface area contributed by atoms with Crippen molar-refractivity contribution in [1.29, 1.82) is 0 Å². The molecule has 6 heteroatoms. The summed E-state index contributed by atoms with van der Waals surface area (Å²) in [7, 11) is 0. The first kappa shape index (κ1) is 14.3. The van der Waals surface area contributed by atoms with Crippen LogP contribution in [0.2, 0.25) is 0 Å². The summed E-state index contributed by atoms with van der Waals surface area (Å²) < 4.78 is 5.30. The van der Waals surface area contributed by atoms with Crippen molar-refractivity contribution in [3.05, 3.63) is 17.8 Å². The fourth-order valence-corrected chi connectivity index (χ4v) is 2.92. The first-order valence-electron chi connectivity index (χ1n) is 7.66. The molecule has 1 amide bonds. The normalized spacial score (nSPS) is 23.3. The Balaban J connectivity index is 1.48. The van der Waals surface area contributed by atoms with Crippen LogP contribution in [-0.4, -0.2) is 53.3 Å². The standard InChI is InChI=1S/C15H22N4O2/c1-11-2-3-14(18-17-11)16-13-4-7-19(8-5-13)15(20)12-6-9-21-10-12/h2-3,12-13H,4-10H2,1H3,(H,16,18)/t12-/m1/s1. The van der Waals surface area contributed by atoms with Crippen LogP contribution in [0.5, 0.6) is 0 Å². The van der Waals surface area contributed by atoms with Crippen molar-refractivity contribution in [2.45, 2.75) is 32.2 Å². The summed E-state index contributed by atoms with van der Waals surface area (Å²) in [5.41, 5.74) is 0.916. The molecule has 2 aliphatic rings. The summed E-state index contributed by atoms with van der Waals surface area (Å²) in [5.74, 6) is 1.16. The van der Waals surface area contributed by atoms with E-state index in [0.717, 1.165) is 50.5 Å². The minimum Gasteiger partial charge on any atom is -0.381 e. The summed E-state index contributed by atoms with van der Waals surface area (Å²) >= 11 is 0. The van der Waals surface area contributed by atoms with Gasteiger partial charge in [0.2, 0.25) is 5.91 Å². The fourth-order valence-electron chi connectivity index (χ4n) is 2.92. The number of piperidine rings is 1. The highest BCUT2D eigenvalue weighted by atomic mass is 16.5. The number of hydrogen-bond donors (Lipinski definition) is 1. The van der Waals surface area contributed by atoms with Crippen LogP contribution in [0.4, 0.5) is 5.82 Å². The molecule has 21 heavy (non-hydrogen) atoms. The molecule has 0 aliphatic carbocycles. The number of nitrogens with one attached hydrogen (secondary N) is 1. The van der Waals surface area contributed by atoms with Crippen molar-refractivity contribution in [3.63, 3.8) is 0 Å². The van der Waals surface area contributed by atoms with Crippen molar-refractivity contribution < 1.29 is 9.53 Å². The molecule has 2 aliphatic heterocycles. The molecule has 0 bridgehead atoms. The zero-order valence-electron chi connectivity index (χ0n) is 12.4. The predicted molar refractivity (Wildman–Crippen MR) is 78.9 cm³/mol. The Bertz CT molecular complexity index is 477. The van der Waals surface area contributed by atoms with E-state index in [-0.39, 0.29) is 11.8 Å². The summed E-state index contributed by atoms with van der Waals surface area (Å²) in [4.78, 5) is 14.3. The van der Waals surface area contributed by atoms with Gasteiger partial charge in [0.05, 0.1) is 18.2 Å². The van der Waals surface area contributed by atoms with Gasteiger partial charge in [0.1, 0.15) is 5.82 Å². The van der Waals surface area contributed by atoms with E-state index in [4.69, 9.17) is 4.74 Å². The van der Waals surface area contributed by atoms with Gasteiger partial charge < -0.3 is 15.0 Å². The Kier molecular flexibility index (Phi) is 4.34. The van der Waals surface area contributed by atoms with Gasteiger partial charge in [0.15, 0.2) is 0 Å². The lowest BCUT2D eigenvalue weighted by molar-refractivity contribution is -0.136. The third-order valence-electron chi connectivity index (χ3n) is 4.24. The molecular weight excluding hydrogens is 268 g/mol. The van der Waals surface area contributed by atoms with E-state index < -0.39 is 0 Å². The smallest absolute Gasteiger partial charge is 0.228 e. The third kappa shape index (κ3) is 3.50. The number of carbonyl (C=O) groups is 1. The number of amides is 1. The second-order valence-corrected chi connectivity index (χ2v) is 5.86. The zero-order chi connectivity index (χ0) is 14.7. The number of nitrogens with zero attached hydrogens (tertiary/aromatic N) is 3. The van der Waals surface area contributed by atoms with Crippen LogP contribution in [0.25, 0.3) is 0 Å². The lowest BCUT2D eigenvalue weighted by atomic mass is 10.0. The van der Waals surface area contributed by atoms with E-state index in [2.05, 4.69) is 15.5 Å². The van der Waals surface area contributed by atoms with Crippen LogP contribution >= 0.6 is 0 Å². The summed E-state index contributed by atoms with van der Waals surface area (Å²) in [6, 6.07) is 4.27. The van der Waals surface area contributed by atoms with Crippen molar-refractivity contribution in [2.75, 3.05) is 31.6 Å². The van der Waals surface area contributed by atoms with Crippen molar-refractivity contribution in [1.82, 2.24) is 15.1 Å². The number of likely N-dealkylation sites (tertiary alicyclic amines) is 1. The van der Waals surface area contributed by atoms with Crippen LogP contribution in [0.1, 0.15) is 25.0 Å². The van der Waals surface area contributed by atoms with Crippen molar-refractivity contribution in [3.8, 4) is 0 Å². The average Bonchev–Trinajstić information content (AvgIpc) is 3.04. The van der Waals surface area contributed by atoms with Gasteiger partial charge in [0.25, 0.3) is 0 Å². The Morgan fingerprint density at radius 2 is 2.10 bits per heavy atom. The lowest BCUT2D eigenvalue weighted by Gasteiger charge is -2.33. The molecule has 2 fully saturated rings. The Morgan fingerprint density at radius 3 is 2.71 bits per heavy atom. The van der Waals surface area contributed by atoms with E-state index in [9.17, 15) is 4.79 Å². The fraction of sp³-hybridized carbons (Fsp3) is 0.667. The van der Waals surface area contributed by atoms with E-state index in [0.29, 0.717) is 12.6 Å². The second kappa shape index (κ2) is 6.39. The van der Waals surface area contributed by atoms with Gasteiger partial charge in [-0.05, 0) is 38.3 Å². The highest BCUT2D eigenvalue weighted by Gasteiger charge is 2.30. The first-order chi connectivity index (χ1) is 10.2. The molecule has 1 aromatic rings. The number of aromatic nitrogens is 2. The van der Waals surface area contributed by atoms with Gasteiger partial charge in [-0.25, -0.2) is 0 Å². The molecule has 3 heterocycles. The van der Waals surface area contributed by atoms with Crippen LogP contribution in [0.15, 0.2) is 12.1 Å². The molecule has 0 saturated carbocycles. The summed E-state index contributed by atoms with van der Waals surface area (Å²) in [6.07, 6.45) is 2.78.